The van der Waals surface area contributed by atoms with Crippen molar-refractivity contribution >= 4 is 29.5 Å². The van der Waals surface area contributed by atoms with Crippen LogP contribution >= 0.6 is 11.6 Å². The molecule has 8 nitrogen and oxygen atoms in total. The first kappa shape index (κ1) is 22.7. The number of aliphatic hydroxyl groups is 1. The van der Waals surface area contributed by atoms with Gasteiger partial charge in [0.05, 0.1) is 11.1 Å². The van der Waals surface area contributed by atoms with Gasteiger partial charge in [-0.2, -0.15) is 0 Å². The van der Waals surface area contributed by atoms with Crippen LogP contribution in [0.2, 0.25) is 0 Å². The Labute approximate surface area is 183 Å². The summed E-state index contributed by atoms with van der Waals surface area (Å²) in [5, 5.41) is 9.40. The van der Waals surface area contributed by atoms with Crippen molar-refractivity contribution in [2.75, 3.05) is 6.61 Å². The van der Waals surface area contributed by atoms with Gasteiger partial charge in [-0.15, -0.1) is 11.6 Å². The maximum Gasteiger partial charge on any atom is 0.338 e. The molecule has 5 atom stereocenters. The number of ether oxygens (including phenoxy) is 4. The summed E-state index contributed by atoms with van der Waals surface area (Å²) in [5.74, 6) is -2.05. The van der Waals surface area contributed by atoms with E-state index in [1.54, 1.807) is 48.5 Å². The van der Waals surface area contributed by atoms with Crippen LogP contribution in [0, 0.1) is 0 Å². The molecule has 2 aromatic rings. The Morgan fingerprint density at radius 3 is 1.87 bits per heavy atom. The highest BCUT2D eigenvalue weighted by atomic mass is 35.5. The third-order valence-corrected chi connectivity index (χ3v) is 5.07. The predicted molar refractivity (Wildman–Crippen MR) is 108 cm³/mol. The molecule has 164 valence electrons. The van der Waals surface area contributed by atoms with Crippen LogP contribution in [0.3, 0.4) is 0 Å². The van der Waals surface area contributed by atoms with Crippen molar-refractivity contribution in [3.05, 3.63) is 71.8 Å². The number of benzene rings is 2. The molecule has 1 aliphatic rings. The Hall–Kier alpha value is -2.94. The number of halogens is 1. The molecule has 1 fully saturated rings. The van der Waals surface area contributed by atoms with E-state index in [2.05, 4.69) is 0 Å². The van der Waals surface area contributed by atoms with E-state index in [0.717, 1.165) is 0 Å². The Morgan fingerprint density at radius 2 is 1.39 bits per heavy atom. The lowest BCUT2D eigenvalue weighted by Gasteiger charge is -2.41. The quantitative estimate of drug-likeness (QED) is 0.407. The maximum atomic E-state index is 12.6. The first-order chi connectivity index (χ1) is 14.9. The molecule has 0 aromatic heterocycles. The molecular weight excluding hydrogens is 428 g/mol. The van der Waals surface area contributed by atoms with Crippen LogP contribution in [0.5, 0.6) is 0 Å². The molecule has 0 spiro atoms. The zero-order valence-corrected chi connectivity index (χ0v) is 17.3. The van der Waals surface area contributed by atoms with Crippen LogP contribution < -0.4 is 0 Å². The number of esters is 3. The Balaban J connectivity index is 1.82. The van der Waals surface area contributed by atoms with Crippen molar-refractivity contribution in [3.8, 4) is 0 Å². The van der Waals surface area contributed by atoms with Gasteiger partial charge in [0.1, 0.15) is 18.1 Å². The molecule has 3 rings (SSSR count). The van der Waals surface area contributed by atoms with E-state index in [9.17, 15) is 19.5 Å². The molecule has 1 aliphatic heterocycles. The van der Waals surface area contributed by atoms with Crippen LogP contribution in [0.4, 0.5) is 0 Å². The highest BCUT2D eigenvalue weighted by molar-refractivity contribution is 6.21. The lowest BCUT2D eigenvalue weighted by molar-refractivity contribution is -0.250. The van der Waals surface area contributed by atoms with Crippen molar-refractivity contribution in [1.29, 1.82) is 0 Å². The predicted octanol–water partition coefficient (Wildman–Crippen LogP) is 2.33. The molecule has 31 heavy (non-hydrogen) atoms. The van der Waals surface area contributed by atoms with Crippen molar-refractivity contribution in [1.82, 2.24) is 0 Å². The van der Waals surface area contributed by atoms with Crippen LogP contribution in [0.15, 0.2) is 60.7 Å². The Morgan fingerprint density at radius 1 is 0.903 bits per heavy atom. The lowest BCUT2D eigenvalue weighted by atomic mass is 10.0. The monoisotopic (exact) mass is 448 g/mol. The summed E-state index contributed by atoms with van der Waals surface area (Å²) < 4.78 is 21.2. The second kappa shape index (κ2) is 10.4. The van der Waals surface area contributed by atoms with Crippen LogP contribution in [-0.4, -0.2) is 59.6 Å². The van der Waals surface area contributed by atoms with E-state index in [0.29, 0.717) is 0 Å². The zero-order chi connectivity index (χ0) is 22.4. The maximum absolute atomic E-state index is 12.6. The van der Waals surface area contributed by atoms with Crippen molar-refractivity contribution < 1.29 is 38.4 Å². The highest BCUT2D eigenvalue weighted by Crippen LogP contribution is 2.30. The van der Waals surface area contributed by atoms with E-state index in [-0.39, 0.29) is 17.7 Å². The van der Waals surface area contributed by atoms with Crippen molar-refractivity contribution in [2.24, 2.45) is 0 Å². The second-order valence-electron chi connectivity index (χ2n) is 6.78. The molecule has 0 saturated carbocycles. The second-order valence-corrected chi connectivity index (χ2v) is 7.29. The van der Waals surface area contributed by atoms with E-state index in [1.165, 1.54) is 19.1 Å². The Bertz CT molecular complexity index is 904. The number of rotatable bonds is 6. The van der Waals surface area contributed by atoms with Crippen LogP contribution in [-0.2, 0) is 23.7 Å². The minimum Gasteiger partial charge on any atom is -0.463 e. The molecule has 9 heteroatoms. The van der Waals surface area contributed by atoms with Gasteiger partial charge < -0.3 is 24.1 Å². The first-order valence-corrected chi connectivity index (χ1v) is 9.93. The smallest absolute Gasteiger partial charge is 0.338 e. The van der Waals surface area contributed by atoms with Gasteiger partial charge in [-0.05, 0) is 24.3 Å². The first-order valence-electron chi connectivity index (χ1n) is 9.50. The van der Waals surface area contributed by atoms with Gasteiger partial charge in [-0.1, -0.05) is 36.4 Å². The third kappa shape index (κ3) is 5.81. The summed E-state index contributed by atoms with van der Waals surface area (Å²) in [6, 6.07) is 16.2. The minimum absolute atomic E-state index is 0.232. The summed E-state index contributed by atoms with van der Waals surface area (Å²) >= 11 is 6.46. The third-order valence-electron chi connectivity index (χ3n) is 4.54. The van der Waals surface area contributed by atoms with Gasteiger partial charge in [0.25, 0.3) is 0 Å². The molecule has 0 aliphatic carbocycles. The number of carbonyl (C=O) groups is 3. The number of alkyl halides is 1. The molecule has 0 amide bonds. The van der Waals surface area contributed by atoms with Gasteiger partial charge in [-0.25, -0.2) is 9.59 Å². The summed E-state index contributed by atoms with van der Waals surface area (Å²) in [4.78, 5) is 36.3. The largest absolute Gasteiger partial charge is 0.463 e. The molecule has 0 unspecified atom stereocenters. The normalized spacial score (nSPS) is 25.3. The van der Waals surface area contributed by atoms with Crippen LogP contribution in [0.1, 0.15) is 27.6 Å². The van der Waals surface area contributed by atoms with Crippen LogP contribution in [0.25, 0.3) is 0 Å². The topological polar surface area (TPSA) is 108 Å². The van der Waals surface area contributed by atoms with Crippen molar-refractivity contribution in [2.45, 2.75) is 36.9 Å². The number of hydrogen-bond donors (Lipinski definition) is 1. The van der Waals surface area contributed by atoms with Gasteiger partial charge in [0.15, 0.2) is 18.5 Å². The highest BCUT2D eigenvalue weighted by Gasteiger charge is 2.49. The summed E-state index contributed by atoms with van der Waals surface area (Å²) in [7, 11) is 0. The standard InChI is InChI=1S/C22H21ClO8/c1-13(24)28-12-16-17(23)18(30-20(25)14-8-4-2-5-9-14)19(22(27)29-16)31-21(26)15-10-6-3-7-11-15/h2-11,16-19,22,27H,12H2,1H3/t16-,17-,18+,19-,22+/m1/s1. The molecule has 2 aromatic carbocycles. The fourth-order valence-corrected chi connectivity index (χ4v) is 3.33. The number of aliphatic hydroxyl groups excluding tert-OH is 1. The van der Waals surface area contributed by atoms with Gasteiger partial charge in [-0.3, -0.25) is 4.79 Å². The fraction of sp³-hybridized carbons (Fsp3) is 0.318. The van der Waals surface area contributed by atoms with E-state index in [1.807, 2.05) is 0 Å². The van der Waals surface area contributed by atoms with Crippen molar-refractivity contribution in [3.63, 3.8) is 0 Å². The van der Waals surface area contributed by atoms with E-state index < -0.39 is 47.9 Å². The van der Waals surface area contributed by atoms with Gasteiger partial charge in [0, 0.05) is 6.92 Å². The lowest BCUT2D eigenvalue weighted by Crippen LogP contribution is -2.59. The zero-order valence-electron chi connectivity index (χ0n) is 16.6. The summed E-state index contributed by atoms with van der Waals surface area (Å²) in [6.07, 6.45) is -5.35. The SMILES string of the molecule is CC(=O)OC[C@H]1O[C@H](O)[C@H](OC(=O)c2ccccc2)[C@@H](OC(=O)c2ccccc2)[C@@H]1Cl. The summed E-state index contributed by atoms with van der Waals surface area (Å²) in [6.45, 7) is 0.930. The van der Waals surface area contributed by atoms with Gasteiger partial charge in [0.2, 0.25) is 0 Å². The van der Waals surface area contributed by atoms with E-state index >= 15 is 0 Å². The molecular formula is C22H21ClO8. The molecule has 1 N–H and O–H groups in total. The fourth-order valence-electron chi connectivity index (χ4n) is 3.01. The average Bonchev–Trinajstić information content (AvgIpc) is 2.78. The minimum atomic E-state index is -1.67. The molecule has 1 heterocycles. The average molecular weight is 449 g/mol. The molecule has 0 bridgehead atoms. The van der Waals surface area contributed by atoms with E-state index in [4.69, 9.17) is 30.5 Å². The number of hydrogen-bond acceptors (Lipinski definition) is 8. The molecule has 0 radical (unpaired) electrons. The molecule has 1 saturated heterocycles. The number of carbonyl (C=O) groups excluding carboxylic acids is 3. The van der Waals surface area contributed by atoms with Gasteiger partial charge >= 0.3 is 17.9 Å². The summed E-state index contributed by atoms with van der Waals surface area (Å²) in [5.41, 5.74) is 0.480. The Kier molecular flexibility index (Phi) is 7.62.